The van der Waals surface area contributed by atoms with Gasteiger partial charge in [0, 0.05) is 0 Å². The van der Waals surface area contributed by atoms with Crippen molar-refractivity contribution in [1.82, 2.24) is 4.98 Å². The van der Waals surface area contributed by atoms with Crippen molar-refractivity contribution >= 4 is 21.6 Å². The summed E-state index contributed by atoms with van der Waals surface area (Å²) in [5.41, 5.74) is -1.47. The lowest BCUT2D eigenvalue weighted by molar-refractivity contribution is -0.386. The van der Waals surface area contributed by atoms with Gasteiger partial charge in [0.1, 0.15) is 11.8 Å². The van der Waals surface area contributed by atoms with E-state index in [2.05, 4.69) is 25.7 Å². The van der Waals surface area contributed by atoms with E-state index in [4.69, 9.17) is 0 Å². The summed E-state index contributed by atoms with van der Waals surface area (Å²) in [6.07, 6.45) is -2.23. The molecule has 1 aromatic heterocycles. The maximum Gasteiger partial charge on any atom is 0.297 e. The first-order valence-electron chi connectivity index (χ1n) is 3.64. The smallest absolute Gasteiger partial charge is 0.297 e. The van der Waals surface area contributed by atoms with E-state index in [1.165, 1.54) is 7.11 Å². The highest BCUT2D eigenvalue weighted by molar-refractivity contribution is 9.10. The monoisotopic (exact) mass is 282 g/mol. The Morgan fingerprint density at radius 2 is 2.27 bits per heavy atom. The van der Waals surface area contributed by atoms with E-state index in [0.29, 0.717) is 0 Å². The van der Waals surface area contributed by atoms with Gasteiger partial charge in [-0.05, 0) is 15.9 Å². The molecule has 0 bridgehead atoms. The van der Waals surface area contributed by atoms with E-state index >= 15 is 0 Å². The second-order valence-corrected chi connectivity index (χ2v) is 3.23. The first-order valence-corrected chi connectivity index (χ1v) is 4.43. The second kappa shape index (κ2) is 4.47. The molecule has 0 radical (unpaired) electrons. The minimum atomic E-state index is -2.98. The fourth-order valence-electron chi connectivity index (χ4n) is 0.969. The van der Waals surface area contributed by atoms with Gasteiger partial charge in [-0.1, -0.05) is 0 Å². The van der Waals surface area contributed by atoms with Gasteiger partial charge in [0.25, 0.3) is 12.1 Å². The summed E-state index contributed by atoms with van der Waals surface area (Å²) >= 11 is 2.79. The number of methoxy groups -OCH3 is 1. The summed E-state index contributed by atoms with van der Waals surface area (Å²) in [6, 6.07) is 0. The Morgan fingerprint density at radius 3 is 2.67 bits per heavy atom. The third kappa shape index (κ3) is 2.20. The molecule has 1 rings (SSSR count). The van der Waals surface area contributed by atoms with Crippen molar-refractivity contribution in [3.05, 3.63) is 26.3 Å². The van der Waals surface area contributed by atoms with Gasteiger partial charge in [-0.2, -0.15) is 0 Å². The highest BCUT2D eigenvalue weighted by Gasteiger charge is 2.28. The highest BCUT2D eigenvalue weighted by Crippen LogP contribution is 2.38. The predicted octanol–water partition coefficient (Wildman–Crippen LogP) is 2.70. The van der Waals surface area contributed by atoms with Crippen molar-refractivity contribution in [3.63, 3.8) is 0 Å². The maximum absolute atomic E-state index is 12.5. The molecule has 0 saturated carbocycles. The minimum absolute atomic E-state index is 0.115. The van der Waals surface area contributed by atoms with Crippen molar-refractivity contribution < 1.29 is 18.4 Å². The molecule has 0 aliphatic heterocycles. The largest absolute Gasteiger partial charge is 0.480 e. The van der Waals surface area contributed by atoms with Crippen LogP contribution < -0.4 is 4.74 Å². The van der Waals surface area contributed by atoms with Crippen molar-refractivity contribution in [3.8, 4) is 5.88 Å². The van der Waals surface area contributed by atoms with Gasteiger partial charge in [0.15, 0.2) is 0 Å². The third-order valence-electron chi connectivity index (χ3n) is 1.61. The van der Waals surface area contributed by atoms with E-state index in [9.17, 15) is 18.9 Å². The molecule has 0 N–H and O–H groups in total. The molecule has 0 saturated heterocycles. The first kappa shape index (κ1) is 11.8. The minimum Gasteiger partial charge on any atom is -0.480 e. The summed E-state index contributed by atoms with van der Waals surface area (Å²) in [6.45, 7) is 0. The predicted molar refractivity (Wildman–Crippen MR) is 50.1 cm³/mol. The van der Waals surface area contributed by atoms with Crippen LogP contribution in [0.2, 0.25) is 0 Å². The molecule has 0 amide bonds. The van der Waals surface area contributed by atoms with Crippen molar-refractivity contribution in [2.75, 3.05) is 7.11 Å². The molecular weight excluding hydrogens is 278 g/mol. The van der Waals surface area contributed by atoms with Gasteiger partial charge in [0.05, 0.1) is 16.5 Å². The van der Waals surface area contributed by atoms with Gasteiger partial charge in [-0.25, -0.2) is 13.8 Å². The molecule has 0 aliphatic carbocycles. The maximum atomic E-state index is 12.5. The lowest BCUT2D eigenvalue weighted by Crippen LogP contribution is -2.01. The molecule has 0 aromatic carbocycles. The number of pyridine rings is 1. The van der Waals surface area contributed by atoms with E-state index in [0.717, 1.165) is 6.20 Å². The van der Waals surface area contributed by atoms with E-state index in [-0.39, 0.29) is 10.4 Å². The Hall–Kier alpha value is -1.31. The fourth-order valence-corrected chi connectivity index (χ4v) is 1.61. The highest BCUT2D eigenvalue weighted by atomic mass is 79.9. The molecule has 0 spiro atoms. The molecule has 5 nitrogen and oxygen atoms in total. The summed E-state index contributed by atoms with van der Waals surface area (Å²) in [5.74, 6) is -0.115. The summed E-state index contributed by atoms with van der Waals surface area (Å²) in [5, 5.41) is 10.4. The standard InChI is InChI=1S/C7H5BrF2N2O3/c1-15-7-5(8)4(6(9)10)3(2-11-7)12(13)14/h2,6H,1H3. The average molecular weight is 283 g/mol. The number of rotatable bonds is 3. The molecule has 8 heteroatoms. The topological polar surface area (TPSA) is 65.3 Å². The van der Waals surface area contributed by atoms with Gasteiger partial charge >= 0.3 is 0 Å². The number of nitro groups is 1. The number of alkyl halides is 2. The molecule has 0 fully saturated rings. The molecule has 0 unspecified atom stereocenters. The van der Waals surface area contributed by atoms with Gasteiger partial charge in [0.2, 0.25) is 5.88 Å². The molecule has 0 aliphatic rings. The van der Waals surface area contributed by atoms with E-state index in [1.807, 2.05) is 0 Å². The van der Waals surface area contributed by atoms with Crippen LogP contribution in [-0.4, -0.2) is 17.0 Å². The van der Waals surface area contributed by atoms with Crippen LogP contribution in [0.3, 0.4) is 0 Å². The lowest BCUT2D eigenvalue weighted by atomic mass is 10.2. The summed E-state index contributed by atoms with van der Waals surface area (Å²) < 4.78 is 29.6. The van der Waals surface area contributed by atoms with Crippen LogP contribution in [0.1, 0.15) is 12.0 Å². The molecule has 15 heavy (non-hydrogen) atoms. The number of nitrogens with zero attached hydrogens (tertiary/aromatic N) is 2. The van der Waals surface area contributed by atoms with Crippen LogP contribution >= 0.6 is 15.9 Å². The van der Waals surface area contributed by atoms with Crippen LogP contribution in [0.25, 0.3) is 0 Å². The molecule has 1 aromatic rings. The third-order valence-corrected chi connectivity index (χ3v) is 2.38. The molecular formula is C7H5BrF2N2O3. The average Bonchev–Trinajstić information content (AvgIpc) is 2.16. The van der Waals surface area contributed by atoms with Crippen molar-refractivity contribution in [2.45, 2.75) is 6.43 Å². The van der Waals surface area contributed by atoms with Crippen LogP contribution in [0.4, 0.5) is 14.5 Å². The molecule has 82 valence electrons. The summed E-state index contributed by atoms with van der Waals surface area (Å²) in [4.78, 5) is 13.0. The second-order valence-electron chi connectivity index (χ2n) is 2.44. The Bertz CT molecular complexity index is 400. The van der Waals surface area contributed by atoms with Crippen LogP contribution in [0.15, 0.2) is 10.7 Å². The van der Waals surface area contributed by atoms with Crippen LogP contribution in [0, 0.1) is 10.1 Å². The SMILES string of the molecule is COc1ncc([N+](=O)[O-])c(C(F)F)c1Br. The van der Waals surface area contributed by atoms with E-state index < -0.39 is 22.6 Å². The zero-order chi connectivity index (χ0) is 11.6. The van der Waals surface area contributed by atoms with Gasteiger partial charge < -0.3 is 4.74 Å². The van der Waals surface area contributed by atoms with Gasteiger partial charge in [-0.15, -0.1) is 0 Å². The Morgan fingerprint density at radius 1 is 1.67 bits per heavy atom. The molecule has 1 heterocycles. The van der Waals surface area contributed by atoms with Crippen LogP contribution in [0.5, 0.6) is 5.88 Å². The summed E-state index contributed by atoms with van der Waals surface area (Å²) in [7, 11) is 1.23. The normalized spacial score (nSPS) is 10.5. The van der Waals surface area contributed by atoms with Gasteiger partial charge in [-0.3, -0.25) is 10.1 Å². The number of halogens is 3. The van der Waals surface area contributed by atoms with Crippen molar-refractivity contribution in [2.24, 2.45) is 0 Å². The Labute approximate surface area is 91.3 Å². The Balaban J connectivity index is 3.44. The quantitative estimate of drug-likeness (QED) is 0.632. The zero-order valence-electron chi connectivity index (χ0n) is 7.41. The number of ether oxygens (including phenoxy) is 1. The van der Waals surface area contributed by atoms with E-state index in [1.54, 1.807) is 0 Å². The van der Waals surface area contributed by atoms with Crippen LogP contribution in [-0.2, 0) is 0 Å². The molecule has 0 atom stereocenters. The Kier molecular flexibility index (Phi) is 3.51. The number of hydrogen-bond donors (Lipinski definition) is 0. The fraction of sp³-hybridized carbons (Fsp3) is 0.286. The zero-order valence-corrected chi connectivity index (χ0v) is 8.99. The number of hydrogen-bond acceptors (Lipinski definition) is 4. The lowest BCUT2D eigenvalue weighted by Gasteiger charge is -2.07. The number of aromatic nitrogens is 1. The van der Waals surface area contributed by atoms with Crippen molar-refractivity contribution in [1.29, 1.82) is 0 Å². The first-order chi connectivity index (χ1) is 6.99.